The maximum Gasteiger partial charge on any atom is 0.522 e. The molecule has 0 aliphatic heterocycles. The van der Waals surface area contributed by atoms with Gasteiger partial charge in [0.05, 0.1) is 0 Å². The predicted octanol–water partition coefficient (Wildman–Crippen LogP) is -0.238. The van der Waals surface area contributed by atoms with Gasteiger partial charge in [0.1, 0.15) is 0 Å². The summed E-state index contributed by atoms with van der Waals surface area (Å²) in [6.45, 7) is 0. The number of hydrogen-bond acceptors (Lipinski definition) is 3. The summed E-state index contributed by atoms with van der Waals surface area (Å²) < 4.78 is 57.5. The van der Waals surface area contributed by atoms with Crippen molar-refractivity contribution < 1.29 is 26.1 Å². The SMILES string of the molecule is N#C[SeH].O=S(=O)(O)C(F)(F)F. The fourth-order valence-corrected chi connectivity index (χ4v) is 0. The van der Waals surface area contributed by atoms with Crippen molar-refractivity contribution in [3.8, 4) is 4.97 Å². The Hall–Kier alpha value is -0.291. The third-order valence-corrected chi connectivity index (χ3v) is 0.877. The Balaban J connectivity index is 0. The molecule has 0 saturated carbocycles. The molecule has 0 aromatic rings. The van der Waals surface area contributed by atoms with Crippen LogP contribution in [0.15, 0.2) is 0 Å². The molecule has 1 N–H and O–H groups in total. The maximum absolute atomic E-state index is 10.7. The standard InChI is InChI=1S/CHF3O3S.CHNSe/c2-1(3,4)8(5,6)7;2-1-3/h(H,5,6,7);3H. The van der Waals surface area contributed by atoms with E-state index in [0.29, 0.717) is 0 Å². The van der Waals surface area contributed by atoms with Crippen LogP contribution in [0.5, 0.6) is 0 Å². The zero-order chi connectivity index (χ0) is 9.71. The van der Waals surface area contributed by atoms with Crippen LogP contribution in [-0.2, 0) is 10.1 Å². The molecule has 0 aliphatic rings. The van der Waals surface area contributed by atoms with E-state index >= 15 is 0 Å². The zero-order valence-corrected chi connectivity index (χ0v) is 7.39. The van der Waals surface area contributed by atoms with Crippen molar-refractivity contribution in [1.82, 2.24) is 0 Å². The number of nitriles is 1. The van der Waals surface area contributed by atoms with E-state index in [2.05, 4.69) is 0 Å². The molecule has 0 aliphatic carbocycles. The van der Waals surface area contributed by atoms with Gasteiger partial charge in [-0.15, -0.1) is 0 Å². The number of hydrogen-bond donors (Lipinski definition) is 1. The van der Waals surface area contributed by atoms with Crippen molar-refractivity contribution in [2.75, 3.05) is 0 Å². The molecule has 9 heteroatoms. The van der Waals surface area contributed by atoms with E-state index in [-0.39, 0.29) is 0 Å². The van der Waals surface area contributed by atoms with E-state index < -0.39 is 15.6 Å². The van der Waals surface area contributed by atoms with Crippen molar-refractivity contribution in [2.24, 2.45) is 0 Å². The third kappa shape index (κ3) is 7.61. The topological polar surface area (TPSA) is 78.2 Å². The molecule has 0 amide bonds. The maximum atomic E-state index is 10.7. The molecule has 0 spiro atoms. The molecule has 0 atom stereocenters. The van der Waals surface area contributed by atoms with E-state index in [1.165, 1.54) is 0 Å². The summed E-state index contributed by atoms with van der Waals surface area (Å²) in [4.78, 5) is 1.69. The number of rotatable bonds is 0. The summed E-state index contributed by atoms with van der Waals surface area (Å²) in [5.74, 6) is 0. The Morgan fingerprint density at radius 3 is 1.55 bits per heavy atom. The van der Waals surface area contributed by atoms with Crippen molar-refractivity contribution in [3.63, 3.8) is 0 Å². The van der Waals surface area contributed by atoms with Crippen LogP contribution in [-0.4, -0.2) is 34.5 Å². The summed E-state index contributed by atoms with van der Waals surface area (Å²) in [7, 11) is -5.84. The summed E-state index contributed by atoms with van der Waals surface area (Å²) in [6, 6.07) is 0. The molecule has 0 unspecified atom stereocenters. The quantitative estimate of drug-likeness (QED) is 0.368. The van der Waals surface area contributed by atoms with Gasteiger partial charge in [-0.1, -0.05) is 0 Å². The van der Waals surface area contributed by atoms with Crippen LogP contribution in [0.25, 0.3) is 0 Å². The summed E-state index contributed by atoms with van der Waals surface area (Å²) >= 11 is 1.77. The smallest absolute Gasteiger partial charge is 0.279 e. The van der Waals surface area contributed by atoms with Crippen LogP contribution in [0.1, 0.15) is 0 Å². The molecule has 0 saturated heterocycles. The number of halogens is 3. The summed E-state index contributed by atoms with van der Waals surface area (Å²) in [5, 5.41) is 7.29. The molecule has 0 aromatic carbocycles. The second-order valence-electron chi connectivity index (χ2n) is 1.02. The van der Waals surface area contributed by atoms with E-state index in [1.807, 2.05) is 0 Å². The molecule has 4 nitrogen and oxygen atoms in total. The first kappa shape index (κ1) is 13.3. The Morgan fingerprint density at radius 2 is 1.55 bits per heavy atom. The number of alkyl halides is 3. The van der Waals surface area contributed by atoms with Crippen molar-refractivity contribution in [3.05, 3.63) is 0 Å². The third-order valence-electron chi connectivity index (χ3n) is 0.292. The average Bonchev–Trinajstić information content (AvgIpc) is 1.60. The molecule has 0 aromatic heterocycles. The average molecular weight is 256 g/mol. The summed E-state index contributed by atoms with van der Waals surface area (Å²) in [5.41, 5.74) is -5.53. The van der Waals surface area contributed by atoms with Crippen molar-refractivity contribution >= 4 is 26.1 Å². The van der Waals surface area contributed by atoms with Crippen LogP contribution in [0.3, 0.4) is 0 Å². The zero-order valence-electron chi connectivity index (χ0n) is 4.70. The fraction of sp³-hybridized carbons (Fsp3) is 0.500. The van der Waals surface area contributed by atoms with Gasteiger partial charge in [0, 0.05) is 0 Å². The second kappa shape index (κ2) is 4.56. The minimum atomic E-state index is -5.84. The molecule has 11 heavy (non-hydrogen) atoms. The minimum Gasteiger partial charge on any atom is -0.279 e. The Labute approximate surface area is 68.6 Å². The van der Waals surface area contributed by atoms with Crippen LogP contribution in [0.2, 0.25) is 0 Å². The van der Waals surface area contributed by atoms with Crippen LogP contribution in [0.4, 0.5) is 13.2 Å². The minimum absolute atomic E-state index is 1.69. The molecule has 0 rings (SSSR count). The van der Waals surface area contributed by atoms with Gasteiger partial charge in [0.2, 0.25) is 0 Å². The van der Waals surface area contributed by atoms with Gasteiger partial charge in [0.25, 0.3) is 0 Å². The van der Waals surface area contributed by atoms with Crippen molar-refractivity contribution in [2.45, 2.75) is 5.51 Å². The normalized spacial score (nSPS) is 10.9. The monoisotopic (exact) mass is 257 g/mol. The largest absolute Gasteiger partial charge is 0.522 e. The van der Waals surface area contributed by atoms with Crippen molar-refractivity contribution in [1.29, 1.82) is 5.26 Å². The Bertz CT molecular complexity index is 238. The van der Waals surface area contributed by atoms with Crippen LogP contribution < -0.4 is 0 Å². The summed E-state index contributed by atoms with van der Waals surface area (Å²) in [6.07, 6.45) is 0. The molecule has 66 valence electrons. The van der Waals surface area contributed by atoms with E-state index in [4.69, 9.17) is 18.2 Å². The number of nitrogens with zero attached hydrogens (tertiary/aromatic N) is 1. The Morgan fingerprint density at radius 1 is 1.45 bits per heavy atom. The van der Waals surface area contributed by atoms with Gasteiger partial charge < -0.3 is 0 Å². The predicted molar refractivity (Wildman–Crippen MR) is 30.4 cm³/mol. The fourth-order valence-electron chi connectivity index (χ4n) is 0. The van der Waals surface area contributed by atoms with E-state index in [0.717, 1.165) is 0 Å². The van der Waals surface area contributed by atoms with Gasteiger partial charge in [-0.05, 0) is 0 Å². The second-order valence-corrected chi connectivity index (χ2v) is 2.85. The van der Waals surface area contributed by atoms with Gasteiger partial charge in [-0.3, -0.25) is 4.55 Å². The molecule has 0 heterocycles. The Kier molecular flexibility index (Phi) is 5.52. The first-order valence-corrected chi connectivity index (χ1v) is 4.11. The van der Waals surface area contributed by atoms with Crippen LogP contribution in [0, 0.1) is 10.2 Å². The van der Waals surface area contributed by atoms with Gasteiger partial charge >= 0.3 is 41.9 Å². The molecule has 0 bridgehead atoms. The molecule has 0 radical (unpaired) electrons. The van der Waals surface area contributed by atoms with E-state index in [9.17, 15) is 13.2 Å². The first-order chi connectivity index (χ1) is 4.66. The van der Waals surface area contributed by atoms with Gasteiger partial charge in [0.15, 0.2) is 0 Å². The molecular formula is C2H2F3NO3SSe. The van der Waals surface area contributed by atoms with Gasteiger partial charge in [-0.25, -0.2) is 0 Å². The van der Waals surface area contributed by atoms with E-state index in [1.54, 1.807) is 21.0 Å². The van der Waals surface area contributed by atoms with Crippen LogP contribution >= 0.6 is 0 Å². The molecular weight excluding hydrogens is 254 g/mol. The first-order valence-electron chi connectivity index (χ1n) is 1.73. The van der Waals surface area contributed by atoms with Gasteiger partial charge in [-0.2, -0.15) is 21.6 Å². The molecule has 0 fully saturated rings.